The molecular weight excluding hydrogens is 234 g/mol. The minimum Gasteiger partial charge on any atom is -0.344 e. The van der Waals surface area contributed by atoms with E-state index in [1.165, 1.54) is 4.88 Å². The van der Waals surface area contributed by atoms with E-state index in [-0.39, 0.29) is 5.91 Å². The predicted molar refractivity (Wildman–Crippen MR) is 69.1 cm³/mol. The molecule has 1 saturated heterocycles. The third kappa shape index (κ3) is 2.84. The largest absolute Gasteiger partial charge is 0.344 e. The highest BCUT2D eigenvalue weighted by Crippen LogP contribution is 2.23. The van der Waals surface area contributed by atoms with E-state index in [1.54, 1.807) is 11.3 Å². The molecule has 1 aromatic heterocycles. The summed E-state index contributed by atoms with van der Waals surface area (Å²) in [5.41, 5.74) is 2.99. The fourth-order valence-electron chi connectivity index (χ4n) is 2.30. The molecule has 4 nitrogen and oxygen atoms in total. The molecule has 0 bridgehead atoms. The molecule has 0 aliphatic carbocycles. The minimum atomic E-state index is 0.254. The Labute approximate surface area is 106 Å². The predicted octanol–water partition coefficient (Wildman–Crippen LogP) is 1.72. The van der Waals surface area contributed by atoms with Crippen molar-refractivity contribution in [2.45, 2.75) is 38.8 Å². The molecule has 1 fully saturated rings. The van der Waals surface area contributed by atoms with Gasteiger partial charge in [0.2, 0.25) is 5.91 Å². The number of nitrogens with zero attached hydrogens (tertiary/aromatic N) is 2. The van der Waals surface area contributed by atoms with Crippen molar-refractivity contribution < 1.29 is 4.79 Å². The Balaban J connectivity index is 1.93. The van der Waals surface area contributed by atoms with Crippen LogP contribution in [0.15, 0.2) is 5.51 Å². The Morgan fingerprint density at radius 3 is 3.00 bits per heavy atom. The number of likely N-dealkylation sites (tertiary alicyclic amines) is 1. The van der Waals surface area contributed by atoms with E-state index in [9.17, 15) is 4.79 Å². The van der Waals surface area contributed by atoms with Crippen molar-refractivity contribution in [3.8, 4) is 0 Å². The van der Waals surface area contributed by atoms with Gasteiger partial charge in [0.15, 0.2) is 0 Å². The molecule has 2 heterocycles. The van der Waals surface area contributed by atoms with Crippen molar-refractivity contribution >= 4 is 17.2 Å². The first kappa shape index (κ1) is 12.5. The van der Waals surface area contributed by atoms with Gasteiger partial charge in [-0.25, -0.2) is 4.98 Å². The number of hydrogen-bond donors (Lipinski definition) is 1. The molecule has 0 aromatic carbocycles. The fourth-order valence-corrected chi connectivity index (χ4v) is 3.12. The van der Waals surface area contributed by atoms with E-state index >= 15 is 0 Å². The van der Waals surface area contributed by atoms with Crippen molar-refractivity contribution in [2.24, 2.45) is 0 Å². The number of nitrogens with one attached hydrogen (secondary N) is 1. The molecule has 2 rings (SSSR count). The lowest BCUT2D eigenvalue weighted by Gasteiger charge is -2.32. The number of likely N-dealkylation sites (N-methyl/N-ethyl adjacent to an activating group) is 1. The van der Waals surface area contributed by atoms with Crippen molar-refractivity contribution in [1.29, 1.82) is 0 Å². The molecule has 2 unspecified atom stereocenters. The summed E-state index contributed by atoms with van der Waals surface area (Å²) in [7, 11) is 1.87. The maximum atomic E-state index is 11.4. The summed E-state index contributed by atoms with van der Waals surface area (Å²) in [6.07, 6.45) is 1.59. The van der Waals surface area contributed by atoms with Crippen molar-refractivity contribution in [3.05, 3.63) is 16.1 Å². The van der Waals surface area contributed by atoms with Gasteiger partial charge in [-0.2, -0.15) is 0 Å². The zero-order valence-corrected chi connectivity index (χ0v) is 11.4. The molecule has 0 spiro atoms. The molecule has 2 atom stereocenters. The first-order chi connectivity index (χ1) is 8.08. The first-order valence-corrected chi connectivity index (χ1v) is 6.86. The molecule has 1 aliphatic rings. The number of amides is 1. The summed E-state index contributed by atoms with van der Waals surface area (Å²) in [6, 6.07) is 0.711. The summed E-state index contributed by atoms with van der Waals surface area (Å²) in [5, 5.41) is 3.59. The Kier molecular flexibility index (Phi) is 3.79. The van der Waals surface area contributed by atoms with Gasteiger partial charge in [0.1, 0.15) is 0 Å². The van der Waals surface area contributed by atoms with Crippen LogP contribution in [-0.4, -0.2) is 35.4 Å². The fraction of sp³-hybridized carbons (Fsp3) is 0.667. The van der Waals surface area contributed by atoms with Crippen LogP contribution < -0.4 is 5.32 Å². The van der Waals surface area contributed by atoms with Crippen LogP contribution in [0, 0.1) is 6.92 Å². The highest BCUT2D eigenvalue weighted by molar-refractivity contribution is 7.09. The Bertz CT molecular complexity index is 404. The van der Waals surface area contributed by atoms with Gasteiger partial charge < -0.3 is 10.2 Å². The zero-order valence-electron chi connectivity index (χ0n) is 10.6. The van der Waals surface area contributed by atoms with E-state index in [0.29, 0.717) is 18.5 Å². The molecule has 17 heavy (non-hydrogen) atoms. The number of thiazole rings is 1. The summed E-state index contributed by atoms with van der Waals surface area (Å²) < 4.78 is 0. The van der Waals surface area contributed by atoms with Crippen molar-refractivity contribution in [2.75, 3.05) is 13.6 Å². The Morgan fingerprint density at radius 2 is 2.41 bits per heavy atom. The number of aromatic nitrogens is 1. The van der Waals surface area contributed by atoms with Gasteiger partial charge in [-0.05, 0) is 20.3 Å². The number of carbonyl (C=O) groups is 1. The number of carbonyl (C=O) groups excluding carboxylic acids is 1. The van der Waals surface area contributed by atoms with Crippen LogP contribution in [0.3, 0.4) is 0 Å². The number of rotatable bonds is 3. The third-order valence-electron chi connectivity index (χ3n) is 3.29. The average Bonchev–Trinajstić information content (AvgIpc) is 2.70. The monoisotopic (exact) mass is 253 g/mol. The molecule has 1 amide bonds. The van der Waals surface area contributed by atoms with Gasteiger partial charge in [0.05, 0.1) is 11.2 Å². The zero-order chi connectivity index (χ0) is 12.4. The molecule has 1 N–H and O–H groups in total. The molecule has 1 aliphatic heterocycles. The van der Waals surface area contributed by atoms with Gasteiger partial charge >= 0.3 is 0 Å². The topological polar surface area (TPSA) is 45.2 Å². The maximum absolute atomic E-state index is 11.4. The van der Waals surface area contributed by atoms with Crippen molar-refractivity contribution in [3.63, 3.8) is 0 Å². The van der Waals surface area contributed by atoms with Crippen LogP contribution in [0.5, 0.6) is 0 Å². The molecular formula is C12H19N3OS. The van der Waals surface area contributed by atoms with Crippen LogP contribution in [0.1, 0.15) is 36.4 Å². The van der Waals surface area contributed by atoms with E-state index in [1.807, 2.05) is 24.4 Å². The molecule has 5 heteroatoms. The highest BCUT2D eigenvalue weighted by atomic mass is 32.1. The lowest BCUT2D eigenvalue weighted by atomic mass is 10.0. The van der Waals surface area contributed by atoms with Crippen LogP contribution in [0.2, 0.25) is 0 Å². The second kappa shape index (κ2) is 5.14. The van der Waals surface area contributed by atoms with Crippen LogP contribution in [0.4, 0.5) is 0 Å². The number of piperidine rings is 1. The lowest BCUT2D eigenvalue weighted by Crippen LogP contribution is -2.47. The Morgan fingerprint density at radius 1 is 1.65 bits per heavy atom. The maximum Gasteiger partial charge on any atom is 0.222 e. The SMILES string of the molecule is Cc1ncsc1C(C)NC1CCC(=O)N(C)C1. The van der Waals surface area contributed by atoms with E-state index in [0.717, 1.165) is 18.7 Å². The van der Waals surface area contributed by atoms with Crippen LogP contribution in [-0.2, 0) is 4.79 Å². The van der Waals surface area contributed by atoms with Gasteiger partial charge in [-0.1, -0.05) is 0 Å². The molecule has 0 radical (unpaired) electrons. The van der Waals surface area contributed by atoms with E-state index < -0.39 is 0 Å². The number of hydrogen-bond acceptors (Lipinski definition) is 4. The van der Waals surface area contributed by atoms with Gasteiger partial charge in [-0.15, -0.1) is 11.3 Å². The molecule has 94 valence electrons. The van der Waals surface area contributed by atoms with E-state index in [2.05, 4.69) is 17.2 Å². The minimum absolute atomic E-state index is 0.254. The lowest BCUT2D eigenvalue weighted by molar-refractivity contribution is -0.132. The third-order valence-corrected chi connectivity index (χ3v) is 4.40. The average molecular weight is 253 g/mol. The first-order valence-electron chi connectivity index (χ1n) is 5.98. The second-order valence-corrected chi connectivity index (χ2v) is 5.59. The Hall–Kier alpha value is -0.940. The summed E-state index contributed by atoms with van der Waals surface area (Å²) in [6.45, 7) is 5.01. The second-order valence-electron chi connectivity index (χ2n) is 4.70. The summed E-state index contributed by atoms with van der Waals surface area (Å²) >= 11 is 1.69. The van der Waals surface area contributed by atoms with Gasteiger partial charge in [-0.3, -0.25) is 4.79 Å². The standard InChI is InChI=1S/C12H19N3OS/c1-8-12(17-7-13-8)9(2)14-10-4-5-11(16)15(3)6-10/h7,9-10,14H,4-6H2,1-3H3. The van der Waals surface area contributed by atoms with Gasteiger partial charge in [0, 0.05) is 37.0 Å². The van der Waals surface area contributed by atoms with Crippen molar-refractivity contribution in [1.82, 2.24) is 15.2 Å². The summed E-state index contributed by atoms with van der Waals surface area (Å²) in [4.78, 5) is 18.8. The summed E-state index contributed by atoms with van der Waals surface area (Å²) in [5.74, 6) is 0.254. The smallest absolute Gasteiger partial charge is 0.222 e. The van der Waals surface area contributed by atoms with Crippen LogP contribution >= 0.6 is 11.3 Å². The molecule has 0 saturated carbocycles. The normalized spacial score (nSPS) is 22.9. The van der Waals surface area contributed by atoms with Gasteiger partial charge in [0.25, 0.3) is 0 Å². The van der Waals surface area contributed by atoms with Crippen LogP contribution in [0.25, 0.3) is 0 Å². The highest BCUT2D eigenvalue weighted by Gasteiger charge is 2.24. The quantitative estimate of drug-likeness (QED) is 0.892. The molecule has 1 aromatic rings. The number of aryl methyl sites for hydroxylation is 1. The van der Waals surface area contributed by atoms with E-state index in [4.69, 9.17) is 0 Å².